The summed E-state index contributed by atoms with van der Waals surface area (Å²) in [7, 11) is 0. The summed E-state index contributed by atoms with van der Waals surface area (Å²) in [4.78, 5) is 13.9. The lowest BCUT2D eigenvalue weighted by Crippen LogP contribution is -2.27. The molecule has 0 bridgehead atoms. The normalized spacial score (nSPS) is 11.5. The highest BCUT2D eigenvalue weighted by atomic mass is 127. The number of ether oxygens (including phenoxy) is 1. The Bertz CT molecular complexity index is 434. The molecular weight excluding hydrogens is 357 g/mol. The van der Waals surface area contributed by atoms with Crippen molar-refractivity contribution in [2.75, 3.05) is 18.0 Å². The second-order valence-corrected chi connectivity index (χ2v) is 6.42. The first-order valence-electron chi connectivity index (χ1n) is 6.46. The van der Waals surface area contributed by atoms with Crippen LogP contribution in [0, 0.1) is 3.57 Å². The average molecular weight is 379 g/mol. The maximum absolute atomic E-state index is 11.8. The monoisotopic (exact) mass is 379 g/mol. The van der Waals surface area contributed by atoms with Gasteiger partial charge in [0.1, 0.15) is 12.1 Å². The minimum atomic E-state index is -0.459. The van der Waals surface area contributed by atoms with Crippen LogP contribution in [-0.4, -0.2) is 34.4 Å². The molecule has 1 heterocycles. The highest BCUT2D eigenvalue weighted by Gasteiger charge is 2.18. The first-order chi connectivity index (χ1) is 8.76. The SMILES string of the molecule is CCN(CC)c1nn(CC(=O)OC(C)(C)C)cc1I. The zero-order valence-electron chi connectivity index (χ0n) is 12.2. The number of carbonyl (C=O) groups is 1. The number of rotatable bonds is 5. The van der Waals surface area contributed by atoms with E-state index in [0.717, 1.165) is 22.5 Å². The highest BCUT2D eigenvalue weighted by Crippen LogP contribution is 2.20. The molecule has 0 radical (unpaired) electrons. The molecule has 0 amide bonds. The number of anilines is 1. The lowest BCUT2D eigenvalue weighted by molar-refractivity contribution is -0.155. The summed E-state index contributed by atoms with van der Waals surface area (Å²) < 4.78 is 7.98. The van der Waals surface area contributed by atoms with Crippen LogP contribution >= 0.6 is 22.6 Å². The Kier molecular flexibility index (Phi) is 5.64. The molecule has 5 nitrogen and oxygen atoms in total. The fourth-order valence-electron chi connectivity index (χ4n) is 1.71. The van der Waals surface area contributed by atoms with Crippen LogP contribution in [-0.2, 0) is 16.1 Å². The zero-order valence-corrected chi connectivity index (χ0v) is 14.4. The number of esters is 1. The van der Waals surface area contributed by atoms with Crippen LogP contribution in [0.25, 0.3) is 0 Å². The second kappa shape index (κ2) is 6.58. The Morgan fingerprint density at radius 1 is 1.42 bits per heavy atom. The molecule has 0 saturated heterocycles. The van der Waals surface area contributed by atoms with Gasteiger partial charge in [-0.15, -0.1) is 0 Å². The number of halogens is 1. The van der Waals surface area contributed by atoms with Crippen molar-refractivity contribution < 1.29 is 9.53 Å². The van der Waals surface area contributed by atoms with E-state index in [1.807, 2.05) is 27.0 Å². The largest absolute Gasteiger partial charge is 0.459 e. The number of nitrogens with zero attached hydrogens (tertiary/aromatic N) is 3. The molecule has 1 aromatic heterocycles. The van der Waals surface area contributed by atoms with Gasteiger partial charge in [0.2, 0.25) is 0 Å². The minimum Gasteiger partial charge on any atom is -0.459 e. The molecule has 0 N–H and O–H groups in total. The van der Waals surface area contributed by atoms with Crippen molar-refractivity contribution in [3.8, 4) is 0 Å². The van der Waals surface area contributed by atoms with Crippen LogP contribution in [0.2, 0.25) is 0 Å². The molecule has 0 aromatic carbocycles. The van der Waals surface area contributed by atoms with Gasteiger partial charge in [-0.1, -0.05) is 0 Å². The van der Waals surface area contributed by atoms with Gasteiger partial charge in [-0.2, -0.15) is 5.10 Å². The highest BCUT2D eigenvalue weighted by molar-refractivity contribution is 14.1. The van der Waals surface area contributed by atoms with Gasteiger partial charge >= 0.3 is 5.97 Å². The topological polar surface area (TPSA) is 47.4 Å². The van der Waals surface area contributed by atoms with Crippen LogP contribution in [0.1, 0.15) is 34.6 Å². The predicted octanol–water partition coefficient (Wildman–Crippen LogP) is 2.68. The van der Waals surface area contributed by atoms with Crippen molar-refractivity contribution in [2.45, 2.75) is 46.8 Å². The Morgan fingerprint density at radius 3 is 2.47 bits per heavy atom. The van der Waals surface area contributed by atoms with Crippen LogP contribution in [0.4, 0.5) is 5.82 Å². The Balaban J connectivity index is 2.76. The predicted molar refractivity (Wildman–Crippen MR) is 84.4 cm³/mol. The lowest BCUT2D eigenvalue weighted by Gasteiger charge is -2.19. The second-order valence-electron chi connectivity index (χ2n) is 5.26. The molecule has 1 rings (SSSR count). The van der Waals surface area contributed by atoms with Gasteiger partial charge in [-0.3, -0.25) is 9.48 Å². The third-order valence-corrected chi connectivity index (χ3v) is 3.23. The molecule has 6 heteroatoms. The van der Waals surface area contributed by atoms with Crippen molar-refractivity contribution in [3.63, 3.8) is 0 Å². The van der Waals surface area contributed by atoms with Crippen LogP contribution in [0.15, 0.2) is 6.20 Å². The van der Waals surface area contributed by atoms with E-state index >= 15 is 0 Å². The summed E-state index contributed by atoms with van der Waals surface area (Å²) in [5, 5.41) is 4.46. The molecule has 0 unspecified atom stereocenters. The third-order valence-electron chi connectivity index (χ3n) is 2.47. The van der Waals surface area contributed by atoms with E-state index in [-0.39, 0.29) is 12.5 Å². The van der Waals surface area contributed by atoms with Crippen LogP contribution in [0.3, 0.4) is 0 Å². The van der Waals surface area contributed by atoms with Gasteiger partial charge in [0.05, 0.1) is 3.57 Å². The molecule has 0 atom stereocenters. The van der Waals surface area contributed by atoms with Gasteiger partial charge in [0.15, 0.2) is 5.82 Å². The van der Waals surface area contributed by atoms with Crippen molar-refractivity contribution in [1.29, 1.82) is 0 Å². The summed E-state index contributed by atoms with van der Waals surface area (Å²) in [6, 6.07) is 0. The van der Waals surface area contributed by atoms with Crippen LogP contribution in [0.5, 0.6) is 0 Å². The van der Waals surface area contributed by atoms with Crippen LogP contribution < -0.4 is 4.90 Å². The molecule has 0 aliphatic rings. The van der Waals surface area contributed by atoms with Gasteiger partial charge in [-0.05, 0) is 57.2 Å². The molecule has 19 heavy (non-hydrogen) atoms. The fourth-order valence-corrected chi connectivity index (χ4v) is 2.48. The molecule has 0 aliphatic carbocycles. The molecule has 0 aliphatic heterocycles. The van der Waals surface area contributed by atoms with Gasteiger partial charge < -0.3 is 9.64 Å². The van der Waals surface area contributed by atoms with Gasteiger partial charge in [-0.25, -0.2) is 0 Å². The van der Waals surface area contributed by atoms with E-state index in [4.69, 9.17) is 4.74 Å². The zero-order chi connectivity index (χ0) is 14.6. The van der Waals surface area contributed by atoms with Crippen molar-refractivity contribution in [3.05, 3.63) is 9.77 Å². The Morgan fingerprint density at radius 2 is 2.00 bits per heavy atom. The molecule has 0 saturated carbocycles. The van der Waals surface area contributed by atoms with Gasteiger partial charge in [0, 0.05) is 19.3 Å². The smallest absolute Gasteiger partial charge is 0.328 e. The minimum absolute atomic E-state index is 0.147. The summed E-state index contributed by atoms with van der Waals surface area (Å²) in [6.07, 6.45) is 1.87. The molecule has 108 valence electrons. The van der Waals surface area contributed by atoms with Crippen molar-refractivity contribution in [2.24, 2.45) is 0 Å². The molecular formula is C13H22IN3O2. The van der Waals surface area contributed by atoms with E-state index in [0.29, 0.717) is 0 Å². The molecule has 0 spiro atoms. The Hall–Kier alpha value is -0.790. The summed E-state index contributed by atoms with van der Waals surface area (Å²) in [5.41, 5.74) is -0.459. The number of carbonyl (C=O) groups excluding carboxylic acids is 1. The van der Waals surface area contributed by atoms with Gasteiger partial charge in [0.25, 0.3) is 0 Å². The summed E-state index contributed by atoms with van der Waals surface area (Å²) in [5.74, 6) is 0.659. The lowest BCUT2D eigenvalue weighted by atomic mass is 10.2. The average Bonchev–Trinajstić information content (AvgIpc) is 2.58. The first-order valence-corrected chi connectivity index (χ1v) is 7.54. The van der Waals surface area contributed by atoms with Crippen molar-refractivity contribution in [1.82, 2.24) is 9.78 Å². The standard InChI is InChI=1S/C13H22IN3O2/c1-6-16(7-2)12-10(14)8-17(15-12)9-11(18)19-13(3,4)5/h8H,6-7,9H2,1-5H3. The van der Waals surface area contributed by atoms with E-state index in [2.05, 4.69) is 46.4 Å². The maximum atomic E-state index is 11.8. The quantitative estimate of drug-likeness (QED) is 0.583. The third kappa shape index (κ3) is 5.00. The summed E-state index contributed by atoms with van der Waals surface area (Å²) >= 11 is 2.24. The number of aromatic nitrogens is 2. The number of hydrogen-bond donors (Lipinski definition) is 0. The van der Waals surface area contributed by atoms with E-state index < -0.39 is 5.60 Å². The molecule has 1 aromatic rings. The Labute approximate surface area is 128 Å². The molecule has 0 fully saturated rings. The first kappa shape index (κ1) is 16.3. The van der Waals surface area contributed by atoms with E-state index in [1.54, 1.807) is 4.68 Å². The fraction of sp³-hybridized carbons (Fsp3) is 0.692. The summed E-state index contributed by atoms with van der Waals surface area (Å²) in [6.45, 7) is 11.7. The van der Waals surface area contributed by atoms with Crippen molar-refractivity contribution >= 4 is 34.4 Å². The number of hydrogen-bond acceptors (Lipinski definition) is 4. The van der Waals surface area contributed by atoms with E-state index in [1.165, 1.54) is 0 Å². The van der Waals surface area contributed by atoms with E-state index in [9.17, 15) is 4.79 Å². The maximum Gasteiger partial charge on any atom is 0.328 e.